The third-order valence-electron chi connectivity index (χ3n) is 3.27. The van der Waals surface area contributed by atoms with E-state index in [4.69, 9.17) is 0 Å². The minimum absolute atomic E-state index is 0.532. The van der Waals surface area contributed by atoms with Gasteiger partial charge in [0.05, 0.1) is 11.9 Å². The smallest absolute Gasteiger partial charge is 0.228 e. The summed E-state index contributed by atoms with van der Waals surface area (Å²) in [6, 6.07) is 11.9. The van der Waals surface area contributed by atoms with E-state index in [0.29, 0.717) is 5.95 Å². The lowest BCUT2D eigenvalue weighted by Gasteiger charge is -2.06. The van der Waals surface area contributed by atoms with Gasteiger partial charge in [-0.2, -0.15) is 5.10 Å². The number of nitrogens with zero attached hydrogens (tertiary/aromatic N) is 3. The summed E-state index contributed by atoms with van der Waals surface area (Å²) in [5, 5.41) is 10.9. The van der Waals surface area contributed by atoms with Gasteiger partial charge in [-0.15, -0.1) is 0 Å². The molecule has 0 aliphatic carbocycles. The van der Waals surface area contributed by atoms with Crippen LogP contribution in [0.1, 0.15) is 0 Å². The van der Waals surface area contributed by atoms with E-state index in [1.807, 2.05) is 30.5 Å². The molecule has 0 saturated carbocycles. The molecule has 0 aliphatic heterocycles. The van der Waals surface area contributed by atoms with Crippen LogP contribution in [-0.2, 0) is 0 Å². The number of rotatable bonds is 3. The van der Waals surface area contributed by atoms with Crippen LogP contribution in [0, 0.1) is 0 Å². The molecule has 102 valence electrons. The third-order valence-corrected chi connectivity index (χ3v) is 3.27. The van der Waals surface area contributed by atoms with E-state index in [1.165, 1.54) is 0 Å². The van der Waals surface area contributed by atoms with E-state index in [1.54, 1.807) is 12.4 Å². The molecule has 6 heteroatoms. The number of aromatic amines is 2. The molecular weight excluding hydrogens is 264 g/mol. The Morgan fingerprint density at radius 3 is 2.90 bits per heavy atom. The molecular formula is C15H12N6. The summed E-state index contributed by atoms with van der Waals surface area (Å²) in [6.07, 6.45) is 5.35. The number of hydrogen-bond donors (Lipinski definition) is 3. The van der Waals surface area contributed by atoms with Crippen LogP contribution in [0.5, 0.6) is 0 Å². The lowest BCUT2D eigenvalue weighted by Crippen LogP contribution is -1.98. The maximum Gasteiger partial charge on any atom is 0.228 e. The fraction of sp³-hybridized carbons (Fsp3) is 0. The van der Waals surface area contributed by atoms with Crippen LogP contribution < -0.4 is 5.32 Å². The number of hydrogen-bond acceptors (Lipinski definition) is 4. The molecule has 0 bridgehead atoms. The average molecular weight is 276 g/mol. The van der Waals surface area contributed by atoms with Crippen molar-refractivity contribution in [2.45, 2.75) is 0 Å². The van der Waals surface area contributed by atoms with Gasteiger partial charge >= 0.3 is 0 Å². The number of benzene rings is 1. The molecule has 6 nitrogen and oxygen atoms in total. The van der Waals surface area contributed by atoms with Crippen LogP contribution in [-0.4, -0.2) is 25.1 Å². The first-order chi connectivity index (χ1) is 10.4. The van der Waals surface area contributed by atoms with Crippen molar-refractivity contribution >= 4 is 22.7 Å². The highest BCUT2D eigenvalue weighted by Crippen LogP contribution is 2.27. The molecule has 0 radical (unpaired) electrons. The van der Waals surface area contributed by atoms with Gasteiger partial charge in [-0.1, -0.05) is 12.1 Å². The van der Waals surface area contributed by atoms with Crippen molar-refractivity contribution in [3.05, 3.63) is 55.0 Å². The van der Waals surface area contributed by atoms with Gasteiger partial charge in [-0.05, 0) is 18.2 Å². The maximum atomic E-state index is 4.56. The molecule has 0 atom stereocenters. The zero-order chi connectivity index (χ0) is 14.1. The zero-order valence-electron chi connectivity index (χ0n) is 11.0. The molecule has 1 aromatic carbocycles. The lowest BCUT2D eigenvalue weighted by atomic mass is 10.1. The highest BCUT2D eigenvalue weighted by atomic mass is 15.2. The van der Waals surface area contributed by atoms with Crippen LogP contribution in [0.25, 0.3) is 22.2 Å². The van der Waals surface area contributed by atoms with Crippen molar-refractivity contribution in [2.24, 2.45) is 0 Å². The number of anilines is 2. The van der Waals surface area contributed by atoms with Crippen molar-refractivity contribution in [1.82, 2.24) is 25.1 Å². The maximum absolute atomic E-state index is 4.56. The van der Waals surface area contributed by atoms with Crippen LogP contribution in [0.15, 0.2) is 55.0 Å². The predicted molar refractivity (Wildman–Crippen MR) is 81.2 cm³/mol. The number of fused-ring (bicyclic) bond motifs is 1. The van der Waals surface area contributed by atoms with E-state index in [9.17, 15) is 0 Å². The lowest BCUT2D eigenvalue weighted by molar-refractivity contribution is 1.08. The minimum atomic E-state index is 0.532. The Kier molecular flexibility index (Phi) is 2.64. The summed E-state index contributed by atoms with van der Waals surface area (Å²) in [5.41, 5.74) is 3.04. The van der Waals surface area contributed by atoms with Gasteiger partial charge in [0, 0.05) is 34.9 Å². The minimum Gasteiger partial charge on any atom is -0.361 e. The molecule has 3 heterocycles. The topological polar surface area (TPSA) is 82.3 Å². The Labute approximate surface area is 120 Å². The summed E-state index contributed by atoms with van der Waals surface area (Å²) in [6.45, 7) is 0. The molecule has 0 spiro atoms. The SMILES string of the molecule is c1cc(-c2ccnc(Nc3ccn[nH]3)n2)c2cc[nH]c2c1. The first kappa shape index (κ1) is 11.7. The molecule has 0 fully saturated rings. The van der Waals surface area contributed by atoms with Gasteiger partial charge in [-0.3, -0.25) is 5.10 Å². The van der Waals surface area contributed by atoms with Gasteiger partial charge < -0.3 is 10.3 Å². The van der Waals surface area contributed by atoms with E-state index >= 15 is 0 Å². The molecule has 0 saturated heterocycles. The van der Waals surface area contributed by atoms with Crippen LogP contribution in [0.4, 0.5) is 11.8 Å². The van der Waals surface area contributed by atoms with E-state index in [2.05, 4.69) is 42.6 Å². The Morgan fingerprint density at radius 1 is 1.00 bits per heavy atom. The number of nitrogens with one attached hydrogen (secondary N) is 3. The number of H-pyrrole nitrogens is 2. The highest BCUT2D eigenvalue weighted by Gasteiger charge is 2.07. The van der Waals surface area contributed by atoms with Crippen LogP contribution in [0.3, 0.4) is 0 Å². The van der Waals surface area contributed by atoms with Gasteiger partial charge in [-0.25, -0.2) is 9.97 Å². The summed E-state index contributed by atoms with van der Waals surface area (Å²) in [5.74, 6) is 1.29. The molecule has 4 aromatic rings. The van der Waals surface area contributed by atoms with Crippen molar-refractivity contribution < 1.29 is 0 Å². The van der Waals surface area contributed by atoms with Gasteiger partial charge in [0.1, 0.15) is 5.82 Å². The monoisotopic (exact) mass is 276 g/mol. The van der Waals surface area contributed by atoms with E-state index < -0.39 is 0 Å². The summed E-state index contributed by atoms with van der Waals surface area (Å²) in [4.78, 5) is 12.0. The van der Waals surface area contributed by atoms with E-state index in [-0.39, 0.29) is 0 Å². The molecule has 4 rings (SSSR count). The van der Waals surface area contributed by atoms with Crippen LogP contribution >= 0.6 is 0 Å². The van der Waals surface area contributed by atoms with Crippen LogP contribution in [0.2, 0.25) is 0 Å². The predicted octanol–water partition coefficient (Wildman–Crippen LogP) is 3.09. The fourth-order valence-electron chi connectivity index (χ4n) is 2.32. The second-order valence-electron chi connectivity index (χ2n) is 4.61. The van der Waals surface area contributed by atoms with Crippen molar-refractivity contribution in [3.8, 4) is 11.3 Å². The Hall–Kier alpha value is -3.15. The quantitative estimate of drug-likeness (QED) is 0.537. The van der Waals surface area contributed by atoms with Crippen molar-refractivity contribution in [3.63, 3.8) is 0 Å². The Bertz CT molecular complexity index is 878. The van der Waals surface area contributed by atoms with Gasteiger partial charge in [0.15, 0.2) is 0 Å². The van der Waals surface area contributed by atoms with Gasteiger partial charge in [0.25, 0.3) is 0 Å². The largest absolute Gasteiger partial charge is 0.361 e. The molecule has 0 unspecified atom stereocenters. The first-order valence-electron chi connectivity index (χ1n) is 6.56. The highest BCUT2D eigenvalue weighted by molar-refractivity contribution is 5.94. The fourth-order valence-corrected chi connectivity index (χ4v) is 2.32. The molecule has 0 aliphatic rings. The standard InChI is InChI=1S/C15H12N6/c1-2-10(11-4-7-16-12(11)3-1)13-5-8-17-15(19-13)20-14-6-9-18-21-14/h1-9,16H,(H2,17,18,19,20,21). The Balaban J connectivity index is 1.77. The summed E-state index contributed by atoms with van der Waals surface area (Å²) in [7, 11) is 0. The van der Waals surface area contributed by atoms with Crippen molar-refractivity contribution in [1.29, 1.82) is 0 Å². The summed E-state index contributed by atoms with van der Waals surface area (Å²) >= 11 is 0. The van der Waals surface area contributed by atoms with E-state index in [0.717, 1.165) is 28.0 Å². The third kappa shape index (κ3) is 2.12. The van der Waals surface area contributed by atoms with Gasteiger partial charge in [0.2, 0.25) is 5.95 Å². The molecule has 3 aromatic heterocycles. The second kappa shape index (κ2) is 4.75. The zero-order valence-corrected chi connectivity index (χ0v) is 11.0. The molecule has 21 heavy (non-hydrogen) atoms. The molecule has 0 amide bonds. The first-order valence-corrected chi connectivity index (χ1v) is 6.56. The Morgan fingerprint density at radius 2 is 2.00 bits per heavy atom. The summed E-state index contributed by atoms with van der Waals surface area (Å²) < 4.78 is 0. The molecule has 3 N–H and O–H groups in total. The van der Waals surface area contributed by atoms with Crippen molar-refractivity contribution in [2.75, 3.05) is 5.32 Å². The number of aromatic nitrogens is 5. The second-order valence-corrected chi connectivity index (χ2v) is 4.61. The average Bonchev–Trinajstić information content (AvgIpc) is 3.18. The normalized spacial score (nSPS) is 10.9.